The topological polar surface area (TPSA) is 72.3 Å². The lowest BCUT2D eigenvalue weighted by molar-refractivity contribution is 0.0120. The molecule has 1 aromatic heterocycles. The van der Waals surface area contributed by atoms with Gasteiger partial charge in [0.2, 0.25) is 0 Å². The minimum Gasteiger partial charge on any atom is -0.381 e. The lowest BCUT2D eigenvalue weighted by Crippen LogP contribution is -2.39. The van der Waals surface area contributed by atoms with Crippen LogP contribution in [-0.4, -0.2) is 52.0 Å². The van der Waals surface area contributed by atoms with Crippen LogP contribution in [0, 0.1) is 23.0 Å². The number of amides is 2. The second-order valence-electron chi connectivity index (χ2n) is 8.70. The summed E-state index contributed by atoms with van der Waals surface area (Å²) in [6, 6.07) is 2.58. The van der Waals surface area contributed by atoms with Crippen LogP contribution < -0.4 is 5.32 Å². The van der Waals surface area contributed by atoms with E-state index in [1.165, 1.54) is 0 Å². The van der Waals surface area contributed by atoms with Crippen molar-refractivity contribution in [1.82, 2.24) is 19.7 Å². The molecule has 0 radical (unpaired) electrons. The molecule has 2 aromatic rings. The number of carbonyl (C=O) groups is 1. The van der Waals surface area contributed by atoms with Crippen molar-refractivity contribution in [3.05, 3.63) is 42.0 Å². The molecular formula is C21H27F2N5O2. The average molecular weight is 419 g/mol. The maximum atomic E-state index is 14.0. The molecular weight excluding hydrogens is 392 g/mol. The van der Waals surface area contributed by atoms with Gasteiger partial charge in [0.15, 0.2) is 0 Å². The summed E-state index contributed by atoms with van der Waals surface area (Å²) in [5.41, 5.74) is -0.329. The van der Waals surface area contributed by atoms with E-state index in [2.05, 4.69) is 33.9 Å². The predicted octanol–water partition coefficient (Wildman–Crippen LogP) is 3.64. The van der Waals surface area contributed by atoms with Crippen molar-refractivity contribution < 1.29 is 18.3 Å². The van der Waals surface area contributed by atoms with Gasteiger partial charge in [-0.1, -0.05) is 13.8 Å². The lowest BCUT2D eigenvalue weighted by Gasteiger charge is -2.37. The Balaban J connectivity index is 1.59. The number of nitrogens with zero attached hydrogens (tertiary/aromatic N) is 4. The molecule has 1 N–H and O–H groups in total. The first-order valence-electron chi connectivity index (χ1n) is 10.3. The minimum atomic E-state index is -0.669. The van der Waals surface area contributed by atoms with Crippen LogP contribution in [0.1, 0.15) is 38.4 Å². The molecule has 1 aromatic carbocycles. The van der Waals surface area contributed by atoms with Gasteiger partial charge in [-0.15, -0.1) is 10.2 Å². The molecule has 30 heavy (non-hydrogen) atoms. The highest BCUT2D eigenvalue weighted by Crippen LogP contribution is 2.49. The van der Waals surface area contributed by atoms with Gasteiger partial charge in [-0.2, -0.15) is 0 Å². The molecule has 1 spiro atoms. The number of likely N-dealkylation sites (tertiary alicyclic amines) is 1. The van der Waals surface area contributed by atoms with Gasteiger partial charge < -0.3 is 19.5 Å². The highest BCUT2D eigenvalue weighted by molar-refractivity contribution is 5.89. The number of halogens is 2. The second kappa shape index (κ2) is 8.29. The molecule has 2 fully saturated rings. The number of rotatable bonds is 4. The molecule has 3 heterocycles. The normalized spacial score (nSPS) is 20.8. The Labute approximate surface area is 174 Å². The Hall–Kier alpha value is -2.55. The molecule has 162 valence electrons. The van der Waals surface area contributed by atoms with E-state index in [4.69, 9.17) is 4.74 Å². The van der Waals surface area contributed by atoms with E-state index in [0.717, 1.165) is 43.4 Å². The molecule has 1 atom stereocenters. The third-order valence-electron chi connectivity index (χ3n) is 6.11. The lowest BCUT2D eigenvalue weighted by atomic mass is 9.71. The Morgan fingerprint density at radius 3 is 2.83 bits per heavy atom. The molecule has 2 aliphatic rings. The first kappa shape index (κ1) is 20.7. The summed E-state index contributed by atoms with van der Waals surface area (Å²) in [5.74, 6) is 0.0392. The zero-order valence-electron chi connectivity index (χ0n) is 17.3. The number of aromatic nitrogens is 3. The van der Waals surface area contributed by atoms with Gasteiger partial charge in [-0.3, -0.25) is 0 Å². The van der Waals surface area contributed by atoms with E-state index >= 15 is 0 Å². The van der Waals surface area contributed by atoms with Crippen LogP contribution in [0.15, 0.2) is 24.5 Å². The molecule has 2 saturated heterocycles. The van der Waals surface area contributed by atoms with E-state index in [1.807, 2.05) is 0 Å². The monoisotopic (exact) mass is 419 g/mol. The van der Waals surface area contributed by atoms with E-state index in [0.29, 0.717) is 32.2 Å². The first-order valence-corrected chi connectivity index (χ1v) is 10.3. The fourth-order valence-electron chi connectivity index (χ4n) is 4.62. The molecule has 0 bridgehead atoms. The first-order chi connectivity index (χ1) is 14.4. The molecule has 1 unspecified atom stereocenters. The number of carbonyl (C=O) groups excluding carboxylic acids is 1. The molecule has 0 aliphatic carbocycles. The van der Waals surface area contributed by atoms with Crippen molar-refractivity contribution in [2.24, 2.45) is 11.3 Å². The van der Waals surface area contributed by atoms with Crippen LogP contribution in [0.2, 0.25) is 0 Å². The van der Waals surface area contributed by atoms with Crippen molar-refractivity contribution >= 4 is 11.7 Å². The number of urea groups is 1. The summed E-state index contributed by atoms with van der Waals surface area (Å²) in [4.78, 5) is 14.6. The van der Waals surface area contributed by atoms with Crippen LogP contribution in [0.5, 0.6) is 0 Å². The zero-order chi connectivity index (χ0) is 21.3. The van der Waals surface area contributed by atoms with Crippen molar-refractivity contribution in [3.63, 3.8) is 0 Å². The van der Waals surface area contributed by atoms with E-state index in [1.54, 1.807) is 11.2 Å². The minimum absolute atomic E-state index is 0.00533. The fraction of sp³-hybridized carbons (Fsp3) is 0.571. The summed E-state index contributed by atoms with van der Waals surface area (Å²) in [6.07, 6.45) is 3.36. The van der Waals surface area contributed by atoms with Gasteiger partial charge in [0.05, 0.1) is 5.69 Å². The van der Waals surface area contributed by atoms with Crippen LogP contribution >= 0.6 is 0 Å². The molecule has 4 rings (SSSR count). The van der Waals surface area contributed by atoms with Crippen molar-refractivity contribution in [2.75, 3.05) is 31.6 Å². The van der Waals surface area contributed by atoms with Crippen molar-refractivity contribution in [1.29, 1.82) is 0 Å². The quantitative estimate of drug-likeness (QED) is 0.821. The third-order valence-corrected chi connectivity index (χ3v) is 6.11. The van der Waals surface area contributed by atoms with Gasteiger partial charge >= 0.3 is 6.03 Å². The standard InChI is InChI=1S/C21H27F2N5O2/c1-14(2)10-28-13-24-26-19(28)16-11-27(12-21(16)5-7-30-8-6-21)20(29)25-18-9-15(22)3-4-17(18)23/h3-4,9,13-14,16H,5-8,10-12H2,1-2H3,(H,25,29). The second-order valence-corrected chi connectivity index (χ2v) is 8.70. The van der Waals surface area contributed by atoms with Crippen molar-refractivity contribution in [3.8, 4) is 0 Å². The molecule has 7 nitrogen and oxygen atoms in total. The van der Waals surface area contributed by atoms with E-state index in [-0.39, 0.29) is 17.0 Å². The zero-order valence-corrected chi connectivity index (χ0v) is 17.3. The predicted molar refractivity (Wildman–Crippen MR) is 107 cm³/mol. The molecule has 2 aliphatic heterocycles. The molecule has 0 saturated carbocycles. The summed E-state index contributed by atoms with van der Waals surface area (Å²) in [7, 11) is 0. The van der Waals surface area contributed by atoms with Crippen LogP contribution in [0.4, 0.5) is 19.3 Å². The highest BCUT2D eigenvalue weighted by atomic mass is 19.1. The summed E-state index contributed by atoms with van der Waals surface area (Å²) < 4.78 is 35.1. The number of benzene rings is 1. The van der Waals surface area contributed by atoms with Gasteiger partial charge in [0.1, 0.15) is 23.8 Å². The Kier molecular flexibility index (Phi) is 5.73. The average Bonchev–Trinajstić information content (AvgIpc) is 3.29. The third kappa shape index (κ3) is 4.03. The largest absolute Gasteiger partial charge is 0.381 e. The number of ether oxygens (including phenoxy) is 1. The van der Waals surface area contributed by atoms with Gasteiger partial charge in [0, 0.05) is 50.2 Å². The maximum Gasteiger partial charge on any atom is 0.321 e. The Morgan fingerprint density at radius 1 is 1.33 bits per heavy atom. The SMILES string of the molecule is CC(C)Cn1cnnc1C1CN(C(=O)Nc2cc(F)ccc2F)CC12CCOCC2. The van der Waals surface area contributed by atoms with Crippen LogP contribution in [-0.2, 0) is 11.3 Å². The summed E-state index contributed by atoms with van der Waals surface area (Å²) in [5, 5.41) is 11.1. The van der Waals surface area contributed by atoms with Gasteiger partial charge in [-0.25, -0.2) is 13.6 Å². The van der Waals surface area contributed by atoms with Gasteiger partial charge in [-0.05, 0) is 30.9 Å². The van der Waals surface area contributed by atoms with E-state index in [9.17, 15) is 13.6 Å². The van der Waals surface area contributed by atoms with E-state index < -0.39 is 17.7 Å². The summed E-state index contributed by atoms with van der Waals surface area (Å²) in [6.45, 7) is 7.28. The maximum absolute atomic E-state index is 14.0. The smallest absolute Gasteiger partial charge is 0.321 e. The Bertz CT molecular complexity index is 911. The van der Waals surface area contributed by atoms with Crippen LogP contribution in [0.3, 0.4) is 0 Å². The van der Waals surface area contributed by atoms with Gasteiger partial charge in [0.25, 0.3) is 0 Å². The molecule has 2 amide bonds. The summed E-state index contributed by atoms with van der Waals surface area (Å²) >= 11 is 0. The number of anilines is 1. The Morgan fingerprint density at radius 2 is 2.10 bits per heavy atom. The number of hydrogen-bond donors (Lipinski definition) is 1. The number of nitrogens with one attached hydrogen (secondary N) is 1. The van der Waals surface area contributed by atoms with Crippen molar-refractivity contribution in [2.45, 2.75) is 39.2 Å². The highest BCUT2D eigenvalue weighted by Gasteiger charge is 2.51. The molecule has 9 heteroatoms. The van der Waals surface area contributed by atoms with Crippen LogP contribution in [0.25, 0.3) is 0 Å². The fourth-order valence-corrected chi connectivity index (χ4v) is 4.62. The number of hydrogen-bond acceptors (Lipinski definition) is 4.